The maximum atomic E-state index is 13.0. The summed E-state index contributed by atoms with van der Waals surface area (Å²) < 4.78 is 37.4. The molecule has 1 heterocycles. The van der Waals surface area contributed by atoms with Gasteiger partial charge in [0.1, 0.15) is 6.61 Å². The van der Waals surface area contributed by atoms with E-state index in [0.29, 0.717) is 5.56 Å². The van der Waals surface area contributed by atoms with Gasteiger partial charge in [0.05, 0.1) is 11.4 Å². The molecule has 0 aliphatic carbocycles. The minimum Gasteiger partial charge on any atom is -0.445 e. The van der Waals surface area contributed by atoms with Gasteiger partial charge in [-0.15, -0.1) is 0 Å². The van der Waals surface area contributed by atoms with E-state index in [1.54, 1.807) is 48.8 Å². The average Bonchev–Trinajstić information content (AvgIpc) is 2.80. The normalized spacial score (nSPS) is 10.9. The largest absolute Gasteiger partial charge is 0.445 e. The lowest BCUT2D eigenvalue weighted by Gasteiger charge is -2.23. The molecule has 0 radical (unpaired) electrons. The summed E-state index contributed by atoms with van der Waals surface area (Å²) in [6.07, 6.45) is 2.60. The van der Waals surface area contributed by atoms with Crippen molar-refractivity contribution in [2.45, 2.75) is 13.2 Å². The quantitative estimate of drug-likeness (QED) is 0.336. The van der Waals surface area contributed by atoms with Crippen molar-refractivity contribution in [2.75, 3.05) is 16.5 Å². The third kappa shape index (κ3) is 7.02. The number of alkyl carbamates (subject to hydrolysis) is 1. The zero-order valence-electron chi connectivity index (χ0n) is 17.4. The van der Waals surface area contributed by atoms with Crippen LogP contribution in [0.4, 0.5) is 16.2 Å². The highest BCUT2D eigenvalue weighted by Crippen LogP contribution is 2.25. The Labute approximate surface area is 190 Å². The standard InChI is InChI=1S/C22H22N4O6S/c23-19-5-1-2-6-20(19)26(15-33(29,30)31)21(27)18-9-7-16(8-10-18)13-25-22(28)32-14-17-4-3-11-24-12-17/h1-12H,13-15,23H2,(H,25,28)(H,29,30,31). The van der Waals surface area contributed by atoms with Crippen molar-refractivity contribution in [1.29, 1.82) is 0 Å². The predicted octanol–water partition coefficient (Wildman–Crippen LogP) is 2.58. The second-order valence-electron chi connectivity index (χ2n) is 6.99. The highest BCUT2D eigenvalue weighted by atomic mass is 32.2. The first-order valence-corrected chi connectivity index (χ1v) is 11.3. The number of para-hydroxylation sites is 2. The van der Waals surface area contributed by atoms with Crippen LogP contribution in [0.2, 0.25) is 0 Å². The number of nitrogen functional groups attached to an aromatic ring is 1. The van der Waals surface area contributed by atoms with Crippen LogP contribution in [-0.4, -0.2) is 35.8 Å². The number of ether oxygens (including phenoxy) is 1. The Morgan fingerprint density at radius 3 is 2.39 bits per heavy atom. The Kier molecular flexibility index (Phi) is 7.59. The molecule has 0 saturated heterocycles. The third-order valence-corrected chi connectivity index (χ3v) is 5.08. The van der Waals surface area contributed by atoms with Crippen molar-refractivity contribution in [3.05, 3.63) is 89.7 Å². The number of hydrogen-bond acceptors (Lipinski definition) is 7. The van der Waals surface area contributed by atoms with E-state index in [9.17, 15) is 22.6 Å². The molecule has 11 heteroatoms. The van der Waals surface area contributed by atoms with Gasteiger partial charge in [-0.25, -0.2) is 4.79 Å². The van der Waals surface area contributed by atoms with Gasteiger partial charge in [-0.1, -0.05) is 30.3 Å². The van der Waals surface area contributed by atoms with E-state index in [1.165, 1.54) is 24.3 Å². The second kappa shape index (κ2) is 10.6. The van der Waals surface area contributed by atoms with Crippen LogP contribution in [0.15, 0.2) is 73.1 Å². The Balaban J connectivity index is 1.64. The van der Waals surface area contributed by atoms with Crippen molar-refractivity contribution in [2.24, 2.45) is 0 Å². The molecule has 0 saturated carbocycles. The van der Waals surface area contributed by atoms with Gasteiger partial charge in [0.2, 0.25) is 0 Å². The van der Waals surface area contributed by atoms with Gasteiger partial charge in [0, 0.05) is 30.1 Å². The van der Waals surface area contributed by atoms with Gasteiger partial charge in [-0.3, -0.25) is 19.2 Å². The molecule has 0 aliphatic rings. The van der Waals surface area contributed by atoms with Gasteiger partial charge in [0.25, 0.3) is 16.0 Å². The fourth-order valence-corrected chi connectivity index (χ4v) is 3.50. The lowest BCUT2D eigenvalue weighted by molar-refractivity contribution is 0.0990. The molecule has 0 aliphatic heterocycles. The molecule has 2 amide bonds. The molecular weight excluding hydrogens is 448 g/mol. The molecule has 0 unspecified atom stereocenters. The van der Waals surface area contributed by atoms with Gasteiger partial charge in [0.15, 0.2) is 5.88 Å². The number of nitrogens with one attached hydrogen (secondary N) is 1. The molecule has 0 bridgehead atoms. The van der Waals surface area contributed by atoms with Crippen LogP contribution in [0.25, 0.3) is 0 Å². The van der Waals surface area contributed by atoms with Gasteiger partial charge < -0.3 is 15.8 Å². The van der Waals surface area contributed by atoms with Gasteiger partial charge >= 0.3 is 6.09 Å². The number of amides is 2. The summed E-state index contributed by atoms with van der Waals surface area (Å²) in [6, 6.07) is 15.9. The van der Waals surface area contributed by atoms with E-state index < -0.39 is 28.0 Å². The number of benzene rings is 2. The number of carbonyl (C=O) groups is 2. The highest BCUT2D eigenvalue weighted by molar-refractivity contribution is 7.85. The zero-order valence-corrected chi connectivity index (χ0v) is 18.2. The minimum absolute atomic E-state index is 0.0827. The lowest BCUT2D eigenvalue weighted by Crippen LogP contribution is -2.36. The molecule has 0 spiro atoms. The SMILES string of the molecule is Nc1ccccc1N(CS(=O)(=O)O)C(=O)c1ccc(CNC(=O)OCc2cccnc2)cc1. The second-order valence-corrected chi connectivity index (χ2v) is 8.41. The van der Waals surface area contributed by atoms with Crippen LogP contribution >= 0.6 is 0 Å². The fourth-order valence-electron chi connectivity index (χ4n) is 2.91. The molecule has 0 atom stereocenters. The smallest absolute Gasteiger partial charge is 0.407 e. The topological polar surface area (TPSA) is 152 Å². The molecule has 4 N–H and O–H groups in total. The lowest BCUT2D eigenvalue weighted by atomic mass is 10.1. The Bertz CT molecular complexity index is 1220. The third-order valence-electron chi connectivity index (χ3n) is 4.50. The highest BCUT2D eigenvalue weighted by Gasteiger charge is 2.24. The van der Waals surface area contributed by atoms with E-state index in [4.69, 9.17) is 10.5 Å². The van der Waals surface area contributed by atoms with Crippen molar-refractivity contribution in [3.63, 3.8) is 0 Å². The van der Waals surface area contributed by atoms with E-state index in [1.807, 2.05) is 0 Å². The zero-order chi connectivity index (χ0) is 23.8. The van der Waals surface area contributed by atoms with Crippen molar-refractivity contribution in [1.82, 2.24) is 10.3 Å². The Morgan fingerprint density at radius 2 is 1.76 bits per heavy atom. The minimum atomic E-state index is -4.51. The van der Waals surface area contributed by atoms with Crippen LogP contribution in [0.1, 0.15) is 21.5 Å². The summed E-state index contributed by atoms with van der Waals surface area (Å²) in [5.74, 6) is -1.62. The van der Waals surface area contributed by atoms with E-state index in [-0.39, 0.29) is 30.1 Å². The summed E-state index contributed by atoms with van der Waals surface area (Å²) in [5, 5.41) is 2.60. The average molecular weight is 471 g/mol. The summed E-state index contributed by atoms with van der Waals surface area (Å²) in [5.41, 5.74) is 7.83. The maximum absolute atomic E-state index is 13.0. The molecule has 10 nitrogen and oxygen atoms in total. The van der Waals surface area contributed by atoms with Crippen LogP contribution in [0.5, 0.6) is 0 Å². The van der Waals surface area contributed by atoms with E-state index in [2.05, 4.69) is 10.3 Å². The monoisotopic (exact) mass is 470 g/mol. The number of aromatic nitrogens is 1. The Morgan fingerprint density at radius 1 is 1.03 bits per heavy atom. The Hall–Kier alpha value is -3.96. The number of hydrogen-bond donors (Lipinski definition) is 3. The molecule has 33 heavy (non-hydrogen) atoms. The summed E-state index contributed by atoms with van der Waals surface area (Å²) >= 11 is 0. The summed E-state index contributed by atoms with van der Waals surface area (Å²) in [7, 11) is -4.51. The van der Waals surface area contributed by atoms with Crippen LogP contribution in [0, 0.1) is 0 Å². The maximum Gasteiger partial charge on any atom is 0.407 e. The molecule has 2 aromatic carbocycles. The number of rotatable bonds is 8. The molecule has 3 aromatic rings. The van der Waals surface area contributed by atoms with Crippen molar-refractivity contribution < 1.29 is 27.3 Å². The first-order chi connectivity index (χ1) is 15.7. The molecule has 1 aromatic heterocycles. The molecular formula is C22H22N4O6S. The summed E-state index contributed by atoms with van der Waals surface area (Å²) in [6.45, 7) is 0.236. The predicted molar refractivity (Wildman–Crippen MR) is 122 cm³/mol. The van der Waals surface area contributed by atoms with Crippen LogP contribution in [0.3, 0.4) is 0 Å². The van der Waals surface area contributed by atoms with Crippen molar-refractivity contribution >= 4 is 33.5 Å². The molecule has 3 rings (SSSR count). The number of anilines is 2. The first-order valence-electron chi connectivity index (χ1n) is 9.73. The number of nitrogens with zero attached hydrogens (tertiary/aromatic N) is 2. The van der Waals surface area contributed by atoms with Gasteiger partial charge in [-0.2, -0.15) is 8.42 Å². The molecule has 172 valence electrons. The van der Waals surface area contributed by atoms with Crippen molar-refractivity contribution in [3.8, 4) is 0 Å². The van der Waals surface area contributed by atoms with E-state index >= 15 is 0 Å². The number of pyridine rings is 1. The number of nitrogens with two attached hydrogens (primary N) is 1. The fraction of sp³-hybridized carbons (Fsp3) is 0.136. The van der Waals surface area contributed by atoms with Crippen LogP contribution in [-0.2, 0) is 28.0 Å². The van der Waals surface area contributed by atoms with Gasteiger partial charge in [-0.05, 0) is 35.9 Å². The van der Waals surface area contributed by atoms with E-state index in [0.717, 1.165) is 10.5 Å². The number of carbonyl (C=O) groups excluding carboxylic acids is 2. The van der Waals surface area contributed by atoms with Crippen LogP contribution < -0.4 is 16.0 Å². The summed E-state index contributed by atoms with van der Waals surface area (Å²) in [4.78, 5) is 29.7. The molecule has 0 fully saturated rings. The first kappa shape index (κ1) is 23.7.